The molecule has 3 heterocycles. The van der Waals surface area contributed by atoms with Crippen LogP contribution in [0, 0.1) is 0 Å². The smallest absolute Gasteiger partial charge is 0.224 e. The normalized spacial score (nSPS) is 15.9. The maximum absolute atomic E-state index is 12.6. The van der Waals surface area contributed by atoms with Crippen molar-refractivity contribution in [2.75, 3.05) is 26.7 Å². The van der Waals surface area contributed by atoms with Crippen molar-refractivity contribution in [1.82, 2.24) is 10.2 Å². The molecule has 1 saturated heterocycles. The van der Waals surface area contributed by atoms with Crippen LogP contribution in [0.3, 0.4) is 0 Å². The van der Waals surface area contributed by atoms with Gasteiger partial charge in [0.05, 0.1) is 25.8 Å². The molecule has 0 aliphatic carbocycles. The Balaban J connectivity index is 1.41. The largest absolute Gasteiger partial charge is 0.497 e. The number of carbonyl (C=O) groups excluding carboxylic acids is 1. The second-order valence-electron chi connectivity index (χ2n) is 6.88. The van der Waals surface area contributed by atoms with Crippen LogP contribution in [0.2, 0.25) is 0 Å². The van der Waals surface area contributed by atoms with E-state index in [1.54, 1.807) is 24.7 Å². The molecule has 1 aliphatic rings. The van der Waals surface area contributed by atoms with E-state index in [0.717, 1.165) is 35.4 Å². The first-order valence-corrected chi connectivity index (χ1v) is 10.2. The van der Waals surface area contributed by atoms with Gasteiger partial charge in [0.1, 0.15) is 11.3 Å². The van der Waals surface area contributed by atoms with Gasteiger partial charge in [-0.2, -0.15) is 0 Å². The van der Waals surface area contributed by atoms with Gasteiger partial charge in [-0.3, -0.25) is 9.69 Å². The van der Waals surface area contributed by atoms with E-state index >= 15 is 0 Å². The number of carbonyl (C=O) groups is 1. The molecule has 0 spiro atoms. The van der Waals surface area contributed by atoms with E-state index < -0.39 is 0 Å². The fourth-order valence-electron chi connectivity index (χ4n) is 3.72. The van der Waals surface area contributed by atoms with Gasteiger partial charge in [-0.05, 0) is 49.5 Å². The number of thiophene rings is 1. The third-order valence-electron chi connectivity index (χ3n) is 5.16. The summed E-state index contributed by atoms with van der Waals surface area (Å²) in [5.74, 6) is 0.770. The molecule has 2 aromatic heterocycles. The predicted octanol–water partition coefficient (Wildman–Crippen LogP) is 4.00. The minimum atomic E-state index is 0.0225. The molecule has 1 aromatic carbocycles. The van der Waals surface area contributed by atoms with Gasteiger partial charge in [-0.1, -0.05) is 6.07 Å². The monoisotopic (exact) mass is 384 g/mol. The number of benzene rings is 1. The molecule has 1 unspecified atom stereocenters. The fraction of sp³-hybridized carbons (Fsp3) is 0.381. The van der Waals surface area contributed by atoms with Crippen LogP contribution in [0.15, 0.2) is 46.4 Å². The van der Waals surface area contributed by atoms with Gasteiger partial charge in [-0.25, -0.2) is 0 Å². The lowest BCUT2D eigenvalue weighted by molar-refractivity contribution is -0.120. The Morgan fingerprint density at radius 1 is 1.33 bits per heavy atom. The molecule has 3 aromatic rings. The third-order valence-corrected chi connectivity index (χ3v) is 6.13. The fourth-order valence-corrected chi connectivity index (χ4v) is 4.58. The molecule has 1 fully saturated rings. The molecule has 6 heteroatoms. The Kier molecular flexibility index (Phi) is 5.45. The highest BCUT2D eigenvalue weighted by molar-refractivity contribution is 7.10. The van der Waals surface area contributed by atoms with Crippen LogP contribution in [-0.2, 0) is 11.2 Å². The number of likely N-dealkylation sites (tertiary alicyclic amines) is 1. The number of furan rings is 1. The van der Waals surface area contributed by atoms with E-state index in [1.807, 2.05) is 18.2 Å². The quantitative estimate of drug-likeness (QED) is 0.669. The molecular formula is C21H24N2O3S. The van der Waals surface area contributed by atoms with E-state index in [9.17, 15) is 4.79 Å². The summed E-state index contributed by atoms with van der Waals surface area (Å²) in [7, 11) is 1.63. The number of amides is 1. The van der Waals surface area contributed by atoms with Crippen molar-refractivity contribution >= 4 is 28.2 Å². The Labute approximate surface area is 162 Å². The number of nitrogens with one attached hydrogen (secondary N) is 1. The van der Waals surface area contributed by atoms with E-state index in [-0.39, 0.29) is 11.9 Å². The Bertz CT molecular complexity index is 897. The van der Waals surface area contributed by atoms with Crippen LogP contribution in [0.25, 0.3) is 11.0 Å². The zero-order valence-corrected chi connectivity index (χ0v) is 16.3. The Morgan fingerprint density at radius 3 is 2.93 bits per heavy atom. The molecule has 27 heavy (non-hydrogen) atoms. The first kappa shape index (κ1) is 18.1. The van der Waals surface area contributed by atoms with Gasteiger partial charge in [-0.15, -0.1) is 11.3 Å². The SMILES string of the molecule is COc1ccc2c(CC(=O)NCC(c3cccs3)N3CCCC3)coc2c1. The Morgan fingerprint density at radius 2 is 2.19 bits per heavy atom. The van der Waals surface area contributed by atoms with Crippen molar-refractivity contribution < 1.29 is 13.9 Å². The zero-order valence-electron chi connectivity index (χ0n) is 15.4. The number of methoxy groups -OCH3 is 1. The standard InChI is InChI=1S/C21H24N2O3S/c1-25-16-6-7-17-15(14-26-19(17)12-16)11-21(24)22-13-18(20-5-4-10-27-20)23-8-2-3-9-23/h4-7,10,12,14,18H,2-3,8-9,11,13H2,1H3,(H,22,24). The van der Waals surface area contributed by atoms with Gasteiger partial charge >= 0.3 is 0 Å². The summed E-state index contributed by atoms with van der Waals surface area (Å²) in [5.41, 5.74) is 1.64. The van der Waals surface area contributed by atoms with Crippen LogP contribution in [0.1, 0.15) is 29.3 Å². The molecule has 1 N–H and O–H groups in total. The molecule has 5 nitrogen and oxygen atoms in total. The van der Waals surface area contributed by atoms with Gasteiger partial charge in [0, 0.05) is 28.4 Å². The number of rotatable bonds is 7. The number of fused-ring (bicyclic) bond motifs is 1. The Hall–Kier alpha value is -2.31. The van der Waals surface area contributed by atoms with Crippen LogP contribution in [0.4, 0.5) is 0 Å². The highest BCUT2D eigenvalue weighted by Crippen LogP contribution is 2.28. The topological polar surface area (TPSA) is 54.7 Å². The number of hydrogen-bond donors (Lipinski definition) is 1. The molecule has 0 saturated carbocycles. The van der Waals surface area contributed by atoms with Crippen molar-refractivity contribution in [2.24, 2.45) is 0 Å². The molecule has 0 radical (unpaired) electrons. The van der Waals surface area contributed by atoms with Crippen molar-refractivity contribution in [3.8, 4) is 5.75 Å². The first-order chi connectivity index (χ1) is 13.2. The molecule has 1 amide bonds. The maximum atomic E-state index is 12.6. The summed E-state index contributed by atoms with van der Waals surface area (Å²) >= 11 is 1.76. The number of ether oxygens (including phenoxy) is 1. The summed E-state index contributed by atoms with van der Waals surface area (Å²) in [6.07, 6.45) is 4.46. The van der Waals surface area contributed by atoms with Gasteiger partial charge in [0.15, 0.2) is 0 Å². The van der Waals surface area contributed by atoms with Crippen molar-refractivity contribution in [2.45, 2.75) is 25.3 Å². The molecule has 0 bridgehead atoms. The van der Waals surface area contributed by atoms with Crippen molar-refractivity contribution in [3.05, 3.63) is 52.4 Å². The lowest BCUT2D eigenvalue weighted by Crippen LogP contribution is -2.37. The van der Waals surface area contributed by atoms with Crippen molar-refractivity contribution in [3.63, 3.8) is 0 Å². The summed E-state index contributed by atoms with van der Waals surface area (Å²) in [4.78, 5) is 16.4. The van der Waals surface area contributed by atoms with E-state index in [0.29, 0.717) is 13.0 Å². The summed E-state index contributed by atoms with van der Waals surface area (Å²) in [5, 5.41) is 6.20. The minimum absolute atomic E-state index is 0.0225. The van der Waals surface area contributed by atoms with E-state index in [1.165, 1.54) is 17.7 Å². The molecule has 142 valence electrons. The van der Waals surface area contributed by atoms with Gasteiger partial charge in [0.25, 0.3) is 0 Å². The van der Waals surface area contributed by atoms with Gasteiger partial charge < -0.3 is 14.5 Å². The second kappa shape index (κ2) is 8.15. The maximum Gasteiger partial charge on any atom is 0.224 e. The van der Waals surface area contributed by atoms with Gasteiger partial charge in [0.2, 0.25) is 5.91 Å². The molecular weight excluding hydrogens is 360 g/mol. The lowest BCUT2D eigenvalue weighted by Gasteiger charge is -2.26. The molecule has 4 rings (SSSR count). The van der Waals surface area contributed by atoms with E-state index in [4.69, 9.17) is 9.15 Å². The van der Waals surface area contributed by atoms with Crippen LogP contribution < -0.4 is 10.1 Å². The van der Waals surface area contributed by atoms with Crippen LogP contribution >= 0.6 is 11.3 Å². The number of nitrogens with zero attached hydrogens (tertiary/aromatic N) is 1. The molecule has 1 atom stereocenters. The number of hydrogen-bond acceptors (Lipinski definition) is 5. The first-order valence-electron chi connectivity index (χ1n) is 9.33. The summed E-state index contributed by atoms with van der Waals surface area (Å²) < 4.78 is 10.8. The highest BCUT2D eigenvalue weighted by atomic mass is 32.1. The van der Waals surface area contributed by atoms with Crippen LogP contribution in [0.5, 0.6) is 5.75 Å². The van der Waals surface area contributed by atoms with E-state index in [2.05, 4.69) is 27.7 Å². The third kappa shape index (κ3) is 4.01. The summed E-state index contributed by atoms with van der Waals surface area (Å²) in [6.45, 7) is 2.85. The highest BCUT2D eigenvalue weighted by Gasteiger charge is 2.24. The average molecular weight is 385 g/mol. The lowest BCUT2D eigenvalue weighted by atomic mass is 10.1. The predicted molar refractivity (Wildman–Crippen MR) is 107 cm³/mol. The molecule has 1 aliphatic heterocycles. The summed E-state index contributed by atoms with van der Waals surface area (Å²) in [6, 6.07) is 10.2. The average Bonchev–Trinajstić information content (AvgIpc) is 3.44. The zero-order chi connectivity index (χ0) is 18.6. The van der Waals surface area contributed by atoms with Crippen LogP contribution in [-0.4, -0.2) is 37.6 Å². The van der Waals surface area contributed by atoms with Crippen molar-refractivity contribution in [1.29, 1.82) is 0 Å². The second-order valence-corrected chi connectivity index (χ2v) is 7.86. The minimum Gasteiger partial charge on any atom is -0.497 e.